The van der Waals surface area contributed by atoms with Crippen molar-refractivity contribution in [2.75, 3.05) is 13.4 Å². The second-order valence-electron chi connectivity index (χ2n) is 8.37. The van der Waals surface area contributed by atoms with E-state index < -0.39 is 11.8 Å². The molecule has 6 heteroatoms. The lowest BCUT2D eigenvalue weighted by Gasteiger charge is -2.36. The number of rotatable bonds is 4. The molecule has 0 saturated carbocycles. The van der Waals surface area contributed by atoms with Gasteiger partial charge in [-0.2, -0.15) is 0 Å². The van der Waals surface area contributed by atoms with Crippen LogP contribution in [-0.2, 0) is 14.3 Å². The first-order chi connectivity index (χ1) is 15.6. The number of nitrogens with zero attached hydrogens (tertiary/aromatic N) is 1. The second-order valence-corrected chi connectivity index (χ2v) is 8.37. The molecule has 0 N–H and O–H groups in total. The van der Waals surface area contributed by atoms with Crippen LogP contribution in [0.15, 0.2) is 64.8 Å². The Morgan fingerprint density at radius 3 is 2.62 bits per heavy atom. The number of aliphatic imine (C=N–C) groups is 1. The van der Waals surface area contributed by atoms with Gasteiger partial charge in [-0.05, 0) is 49.4 Å². The Balaban J connectivity index is 1.60. The fraction of sp³-hybridized carbons (Fsp3) is 0.346. The average Bonchev–Trinajstić information content (AvgIpc) is 3.26. The van der Waals surface area contributed by atoms with Crippen molar-refractivity contribution in [1.29, 1.82) is 0 Å². The van der Waals surface area contributed by atoms with E-state index in [4.69, 9.17) is 19.2 Å². The number of carbonyl (C=O) groups excluding carboxylic acids is 2. The molecule has 32 heavy (non-hydrogen) atoms. The predicted octanol–water partition coefficient (Wildman–Crippen LogP) is 4.55. The minimum Gasteiger partial charge on any atom is -0.465 e. The van der Waals surface area contributed by atoms with Crippen molar-refractivity contribution < 1.29 is 23.8 Å². The summed E-state index contributed by atoms with van der Waals surface area (Å²) < 4.78 is 16.4. The molecular weight excluding hydrogens is 406 g/mol. The summed E-state index contributed by atoms with van der Waals surface area (Å²) in [6.45, 7) is 4.06. The summed E-state index contributed by atoms with van der Waals surface area (Å²) in [6, 6.07) is 15.7. The van der Waals surface area contributed by atoms with Crippen LogP contribution in [0.3, 0.4) is 0 Å². The lowest BCUT2D eigenvalue weighted by Crippen LogP contribution is -2.38. The minimum absolute atomic E-state index is 0.0355. The molecule has 0 saturated heterocycles. The molecule has 2 aromatic rings. The summed E-state index contributed by atoms with van der Waals surface area (Å²) in [5.74, 6) is -0.0646. The smallest absolute Gasteiger partial charge is 0.315 e. The van der Waals surface area contributed by atoms with E-state index in [2.05, 4.69) is 12.1 Å². The third-order valence-corrected chi connectivity index (χ3v) is 6.46. The summed E-state index contributed by atoms with van der Waals surface area (Å²) >= 11 is 0. The largest absolute Gasteiger partial charge is 0.465 e. The van der Waals surface area contributed by atoms with Gasteiger partial charge in [-0.1, -0.05) is 36.4 Å². The Kier molecular flexibility index (Phi) is 5.29. The van der Waals surface area contributed by atoms with Gasteiger partial charge in [0.15, 0.2) is 17.3 Å². The first kappa shape index (κ1) is 20.5. The molecule has 5 rings (SSSR count). The number of ether oxygens (including phenoxy) is 3. The molecule has 0 aromatic heterocycles. The lowest BCUT2D eigenvalue weighted by molar-refractivity contribution is -0.146. The normalized spacial score (nSPS) is 24.1. The molecule has 0 radical (unpaired) electrons. The highest BCUT2D eigenvalue weighted by atomic mass is 16.7. The first-order valence-electron chi connectivity index (χ1n) is 11.0. The van der Waals surface area contributed by atoms with E-state index in [9.17, 15) is 9.59 Å². The number of hydrogen-bond donors (Lipinski definition) is 0. The van der Waals surface area contributed by atoms with E-state index in [0.717, 1.165) is 16.8 Å². The SMILES string of the molecule is CCOC(=O)C1C(C)=NC2=C(C(=O)C[C@@H](c3ccccc3)C2)[C@@H]1c1ccc2c(c1)OCO2. The summed E-state index contributed by atoms with van der Waals surface area (Å²) in [5, 5.41) is 0. The minimum atomic E-state index is -0.647. The number of ketones is 1. The molecule has 1 aliphatic carbocycles. The van der Waals surface area contributed by atoms with Crippen molar-refractivity contribution in [3.8, 4) is 11.5 Å². The molecule has 164 valence electrons. The van der Waals surface area contributed by atoms with Crippen LogP contribution in [0.5, 0.6) is 11.5 Å². The van der Waals surface area contributed by atoms with Gasteiger partial charge in [-0.3, -0.25) is 14.6 Å². The van der Waals surface area contributed by atoms with Gasteiger partial charge in [-0.25, -0.2) is 0 Å². The number of Topliss-reactive ketones (excluding diaryl/α,β-unsaturated/α-hetero) is 1. The fourth-order valence-electron chi connectivity index (χ4n) is 5.02. The monoisotopic (exact) mass is 431 g/mol. The van der Waals surface area contributed by atoms with Crippen molar-refractivity contribution in [2.24, 2.45) is 10.9 Å². The van der Waals surface area contributed by atoms with Crippen molar-refractivity contribution >= 4 is 17.5 Å². The maximum absolute atomic E-state index is 13.5. The highest BCUT2D eigenvalue weighted by molar-refractivity contribution is 6.09. The van der Waals surface area contributed by atoms with Crippen LogP contribution in [0.1, 0.15) is 49.7 Å². The number of esters is 1. The van der Waals surface area contributed by atoms with E-state index in [0.29, 0.717) is 35.6 Å². The topological polar surface area (TPSA) is 74.2 Å². The molecule has 0 bridgehead atoms. The van der Waals surface area contributed by atoms with Crippen LogP contribution >= 0.6 is 0 Å². The van der Waals surface area contributed by atoms with E-state index in [1.807, 2.05) is 43.3 Å². The molecule has 1 unspecified atom stereocenters. The van der Waals surface area contributed by atoms with Crippen LogP contribution in [-0.4, -0.2) is 30.9 Å². The predicted molar refractivity (Wildman–Crippen MR) is 119 cm³/mol. The molecular formula is C26H25NO5. The Morgan fingerprint density at radius 1 is 1.06 bits per heavy atom. The third-order valence-electron chi connectivity index (χ3n) is 6.46. The van der Waals surface area contributed by atoms with Crippen LogP contribution in [0.4, 0.5) is 0 Å². The number of benzene rings is 2. The Hall–Kier alpha value is -3.41. The molecule has 2 aromatic carbocycles. The van der Waals surface area contributed by atoms with Gasteiger partial charge in [0, 0.05) is 29.3 Å². The van der Waals surface area contributed by atoms with Gasteiger partial charge < -0.3 is 14.2 Å². The summed E-state index contributed by atoms with van der Waals surface area (Å²) in [6.07, 6.45) is 1.06. The molecule has 2 aliphatic heterocycles. The van der Waals surface area contributed by atoms with Gasteiger partial charge in [0.2, 0.25) is 6.79 Å². The van der Waals surface area contributed by atoms with Crippen molar-refractivity contribution in [2.45, 2.75) is 38.5 Å². The van der Waals surface area contributed by atoms with Crippen LogP contribution in [0.25, 0.3) is 0 Å². The Labute approximate surface area is 186 Å². The molecule has 2 heterocycles. The van der Waals surface area contributed by atoms with Crippen molar-refractivity contribution in [3.05, 3.63) is 70.9 Å². The number of hydrogen-bond acceptors (Lipinski definition) is 6. The first-order valence-corrected chi connectivity index (χ1v) is 11.0. The zero-order chi connectivity index (χ0) is 22.2. The standard InChI is InChI=1S/C26H25NO5/c1-3-30-26(29)23-15(2)27-19-11-18(16-7-5-4-6-8-16)12-20(28)25(19)24(23)17-9-10-21-22(13-17)32-14-31-21/h4-10,13,18,23-24H,3,11-12,14H2,1-2H3/t18-,23?,24+/m0/s1. The highest BCUT2D eigenvalue weighted by Gasteiger charge is 2.45. The zero-order valence-electron chi connectivity index (χ0n) is 18.2. The van der Waals surface area contributed by atoms with Crippen LogP contribution < -0.4 is 9.47 Å². The number of allylic oxidation sites excluding steroid dienone is 2. The number of carbonyl (C=O) groups is 2. The van der Waals surface area contributed by atoms with Crippen molar-refractivity contribution in [3.63, 3.8) is 0 Å². The van der Waals surface area contributed by atoms with E-state index >= 15 is 0 Å². The Morgan fingerprint density at radius 2 is 1.84 bits per heavy atom. The van der Waals surface area contributed by atoms with Crippen LogP contribution in [0.2, 0.25) is 0 Å². The Bertz CT molecular complexity index is 1130. The molecule has 3 aliphatic rings. The maximum atomic E-state index is 13.5. The average molecular weight is 431 g/mol. The third kappa shape index (κ3) is 3.49. The van der Waals surface area contributed by atoms with Gasteiger partial charge >= 0.3 is 5.97 Å². The van der Waals surface area contributed by atoms with Gasteiger partial charge in [0.25, 0.3) is 0 Å². The molecule has 0 spiro atoms. The van der Waals surface area contributed by atoms with Gasteiger partial charge in [0.05, 0.1) is 6.61 Å². The maximum Gasteiger partial charge on any atom is 0.315 e. The summed E-state index contributed by atoms with van der Waals surface area (Å²) in [4.78, 5) is 31.3. The van der Waals surface area contributed by atoms with Gasteiger partial charge in [-0.15, -0.1) is 0 Å². The second kappa shape index (κ2) is 8.26. The van der Waals surface area contributed by atoms with Crippen molar-refractivity contribution in [1.82, 2.24) is 0 Å². The summed E-state index contributed by atoms with van der Waals surface area (Å²) in [5.41, 5.74) is 4.04. The zero-order valence-corrected chi connectivity index (χ0v) is 18.2. The number of fused-ring (bicyclic) bond motifs is 1. The van der Waals surface area contributed by atoms with Gasteiger partial charge in [0.1, 0.15) is 5.92 Å². The quantitative estimate of drug-likeness (QED) is 0.664. The van der Waals surface area contributed by atoms with E-state index in [1.165, 1.54) is 0 Å². The lowest BCUT2D eigenvalue weighted by atomic mass is 9.69. The molecule has 3 atom stereocenters. The summed E-state index contributed by atoms with van der Waals surface area (Å²) in [7, 11) is 0. The van der Waals surface area contributed by atoms with Crippen LogP contribution in [0, 0.1) is 5.92 Å². The fourth-order valence-corrected chi connectivity index (χ4v) is 5.02. The van der Waals surface area contributed by atoms with E-state index in [1.54, 1.807) is 6.92 Å². The molecule has 0 amide bonds. The highest BCUT2D eigenvalue weighted by Crippen LogP contribution is 2.48. The molecule has 6 nitrogen and oxygen atoms in total. The van der Waals surface area contributed by atoms with E-state index in [-0.39, 0.29) is 31.1 Å². The molecule has 0 fully saturated rings.